The lowest BCUT2D eigenvalue weighted by Gasteiger charge is -2.37. The van der Waals surface area contributed by atoms with E-state index in [9.17, 15) is 27.6 Å². The van der Waals surface area contributed by atoms with Crippen molar-refractivity contribution in [2.45, 2.75) is 164 Å². The van der Waals surface area contributed by atoms with Gasteiger partial charge < -0.3 is 39.4 Å². The third kappa shape index (κ3) is 11.5. The van der Waals surface area contributed by atoms with E-state index < -0.39 is 90.9 Å². The lowest BCUT2D eigenvalue weighted by molar-refractivity contribution is -0.144. The van der Waals surface area contributed by atoms with Crippen LogP contribution in [0, 0.1) is 5.92 Å². The van der Waals surface area contributed by atoms with Gasteiger partial charge >= 0.3 is 12.3 Å². The van der Waals surface area contributed by atoms with Crippen molar-refractivity contribution in [3.63, 3.8) is 0 Å². The first kappa shape index (κ1) is 51.2. The minimum Gasteiger partial charge on any atom is -0.491 e. The smallest absolute Gasteiger partial charge is 0.437 e. The number of fused-ring (bicyclic) bond motifs is 4. The summed E-state index contributed by atoms with van der Waals surface area (Å²) in [6, 6.07) is 2.00. The van der Waals surface area contributed by atoms with Gasteiger partial charge in [-0.15, -0.1) is 0 Å². The molecule has 5 aliphatic rings. The summed E-state index contributed by atoms with van der Waals surface area (Å²) >= 11 is 0. The number of carbonyl (C=O) groups excluding carboxylic acids is 4. The van der Waals surface area contributed by atoms with Gasteiger partial charge in [0.2, 0.25) is 21.8 Å². The van der Waals surface area contributed by atoms with Gasteiger partial charge in [-0.25, -0.2) is 18.2 Å². The summed E-state index contributed by atoms with van der Waals surface area (Å²) in [5, 5.41) is 5.86. The number of piperidine rings is 1. The number of rotatable bonds is 9. The Kier molecular flexibility index (Phi) is 14.7. The molecule has 5 heterocycles. The minimum absolute atomic E-state index is 0.0364. The van der Waals surface area contributed by atoms with Crippen molar-refractivity contribution in [1.82, 2.24) is 30.1 Å². The number of alkyl carbamates (subject to hydrolysis) is 1. The molecule has 1 saturated carbocycles. The molecule has 3 fully saturated rings. The molecule has 0 unspecified atom stereocenters. The van der Waals surface area contributed by atoms with E-state index in [-0.39, 0.29) is 56.0 Å². The second-order valence-corrected chi connectivity index (χ2v) is 23.0. The second kappa shape index (κ2) is 19.6. The van der Waals surface area contributed by atoms with Crippen LogP contribution < -0.4 is 24.8 Å². The monoisotopic (exact) mass is 976 g/mol. The van der Waals surface area contributed by atoms with E-state index in [1.165, 1.54) is 24.8 Å². The molecule has 7 rings (SSSR count). The number of ether oxygens (including phenoxy) is 4. The van der Waals surface area contributed by atoms with Crippen LogP contribution in [0.4, 0.5) is 18.0 Å². The molecule has 2 aromatic rings. The summed E-state index contributed by atoms with van der Waals surface area (Å²) in [7, 11) is -2.09. The molecule has 68 heavy (non-hydrogen) atoms. The van der Waals surface area contributed by atoms with Crippen molar-refractivity contribution >= 4 is 44.7 Å². The second-order valence-electron chi connectivity index (χ2n) is 20.8. The number of alkyl halides is 3. The van der Waals surface area contributed by atoms with Gasteiger partial charge in [-0.2, -0.15) is 13.2 Å². The van der Waals surface area contributed by atoms with Gasteiger partial charge in [-0.3, -0.25) is 19.1 Å². The summed E-state index contributed by atoms with van der Waals surface area (Å²) < 4.78 is 97.1. The number of allylic oxidation sites excluding steroid dienone is 1. The topological polar surface area (TPSA) is 195 Å². The van der Waals surface area contributed by atoms with E-state index in [2.05, 4.69) is 32.3 Å². The van der Waals surface area contributed by atoms with Crippen molar-refractivity contribution < 1.29 is 59.7 Å². The van der Waals surface area contributed by atoms with Crippen molar-refractivity contribution in [3.05, 3.63) is 41.6 Å². The van der Waals surface area contributed by atoms with Gasteiger partial charge in [0.1, 0.15) is 41.2 Å². The van der Waals surface area contributed by atoms with E-state index in [4.69, 9.17) is 18.9 Å². The molecule has 4 aliphatic heterocycles. The molecule has 4 amide bonds. The van der Waals surface area contributed by atoms with E-state index in [0.717, 1.165) is 25.9 Å². The Hall–Kier alpha value is -4.69. The highest BCUT2D eigenvalue weighted by Gasteiger charge is 2.57. The number of amides is 4. The lowest BCUT2D eigenvalue weighted by atomic mass is 9.84. The third-order valence-electron chi connectivity index (χ3n) is 14.2. The maximum Gasteiger partial charge on any atom is 0.437 e. The normalized spacial score (nSPS) is 28.0. The largest absolute Gasteiger partial charge is 0.491 e. The summed E-state index contributed by atoms with van der Waals surface area (Å²) in [6.45, 7) is 11.7. The number of likely N-dealkylation sites (tertiary alicyclic amines) is 1. The van der Waals surface area contributed by atoms with Gasteiger partial charge in [-0.1, -0.05) is 31.9 Å². The summed E-state index contributed by atoms with van der Waals surface area (Å²) in [5.41, 5.74) is -5.34. The average Bonchev–Trinajstić information content (AvgIpc) is 3.92. The van der Waals surface area contributed by atoms with E-state index in [1.54, 1.807) is 45.9 Å². The SMILES string of the molecule is C[C@H]1/C=C\CCCCC[C@H](NC(=O)OC(C)(C)C)C(=O)N2C[C@@]3(CCc4c(c(C(F)(F)F)nc5ccc(OCCOC6CCN(C)CC6)cc45)O3)C[C@H]2C(=O)N[C@@]1(C)C(=O)NS(=O)(=O)C1(C)CC1. The number of hydrogen-bond acceptors (Lipinski definition) is 12. The minimum atomic E-state index is -4.97. The van der Waals surface area contributed by atoms with Crippen LogP contribution in [0.2, 0.25) is 0 Å². The van der Waals surface area contributed by atoms with E-state index in [0.29, 0.717) is 56.3 Å². The number of hydrogen-bond donors (Lipinski definition) is 3. The number of nitrogens with zero attached hydrogens (tertiary/aromatic N) is 3. The zero-order valence-corrected chi connectivity index (χ0v) is 41.0. The van der Waals surface area contributed by atoms with E-state index >= 15 is 13.2 Å². The molecule has 0 radical (unpaired) electrons. The number of aromatic nitrogens is 1. The maximum absolute atomic E-state index is 15.1. The van der Waals surface area contributed by atoms with Crippen LogP contribution in [0.3, 0.4) is 0 Å². The number of sulfonamides is 1. The predicted molar refractivity (Wildman–Crippen MR) is 246 cm³/mol. The Bertz CT molecular complexity index is 2380. The van der Waals surface area contributed by atoms with Gasteiger partial charge in [0.05, 0.1) is 29.5 Å². The first-order valence-electron chi connectivity index (χ1n) is 23.8. The first-order chi connectivity index (χ1) is 31.8. The van der Waals surface area contributed by atoms with Crippen LogP contribution >= 0.6 is 0 Å². The van der Waals surface area contributed by atoms with Crippen LogP contribution in [0.15, 0.2) is 30.4 Å². The fraction of sp³-hybridized carbons (Fsp3) is 0.688. The molecule has 1 aliphatic carbocycles. The first-order valence-corrected chi connectivity index (χ1v) is 25.3. The molecule has 1 spiro atoms. The van der Waals surface area contributed by atoms with Gasteiger partial charge in [0.15, 0.2) is 11.4 Å². The molecule has 16 nitrogen and oxygen atoms in total. The van der Waals surface area contributed by atoms with Crippen molar-refractivity contribution in [2.75, 3.05) is 39.9 Å². The zero-order valence-electron chi connectivity index (χ0n) is 40.2. The van der Waals surface area contributed by atoms with Crippen LogP contribution in [0.25, 0.3) is 10.9 Å². The fourth-order valence-electron chi connectivity index (χ4n) is 9.45. The Morgan fingerprint density at radius 3 is 2.41 bits per heavy atom. The third-order valence-corrected chi connectivity index (χ3v) is 16.3. The number of benzene rings is 1. The standard InChI is InChI=1S/C48H67F3N6O10S/c1-30-13-11-9-8-10-12-14-36(53-43(61)67-44(2,3)4)41(59)57-29-47(28-37(57)40(58)54-46(30,6)42(60)55-68(62,63)45(5)21-22-45)20-17-33-34-27-32(65-26-25-64-31-18-23-56(7)24-19-31)15-16-35(34)52-39(38(33)66-47)48(49,50)51/h11,13,15-16,27,30-31,36-37H,8-10,12,14,17-26,28-29H2,1-7H3,(H,53,61)(H,54,58)(H,55,60)/b13-11-/t30-,36-,37-,46+,47+/m0/s1. The molecule has 3 N–H and O–H groups in total. The number of nitrogens with one attached hydrogen (secondary N) is 3. The molecule has 20 heteroatoms. The maximum atomic E-state index is 15.1. The molecule has 1 aromatic carbocycles. The van der Waals surface area contributed by atoms with E-state index in [1.807, 2.05) is 6.08 Å². The Labute approximate surface area is 396 Å². The number of carbonyl (C=O) groups is 4. The van der Waals surface area contributed by atoms with Gasteiger partial charge in [0, 0.05) is 36.4 Å². The molecule has 376 valence electrons. The fourth-order valence-corrected chi connectivity index (χ4v) is 10.8. The highest BCUT2D eigenvalue weighted by atomic mass is 32.2. The number of pyridine rings is 1. The number of halogens is 3. The Morgan fingerprint density at radius 2 is 1.74 bits per heavy atom. The van der Waals surface area contributed by atoms with Crippen LogP contribution in [-0.2, 0) is 46.5 Å². The molecular weight excluding hydrogens is 910 g/mol. The Morgan fingerprint density at radius 1 is 1.01 bits per heavy atom. The van der Waals surface area contributed by atoms with Crippen LogP contribution in [-0.4, -0.2) is 127 Å². The zero-order chi connectivity index (χ0) is 49.5. The summed E-state index contributed by atoms with van der Waals surface area (Å²) in [4.78, 5) is 64.8. The van der Waals surface area contributed by atoms with Crippen LogP contribution in [0.5, 0.6) is 11.5 Å². The van der Waals surface area contributed by atoms with Gasteiger partial charge in [-0.05, 0) is 118 Å². The lowest BCUT2D eigenvalue weighted by Crippen LogP contribution is -2.64. The molecule has 5 atom stereocenters. The molecule has 2 saturated heterocycles. The molecular formula is C48H67F3N6O10S. The molecule has 1 aromatic heterocycles. The highest BCUT2D eigenvalue weighted by molar-refractivity contribution is 7.91. The van der Waals surface area contributed by atoms with Gasteiger partial charge in [0.25, 0.3) is 5.91 Å². The Balaban J connectivity index is 1.22. The highest BCUT2D eigenvalue weighted by Crippen LogP contribution is 2.49. The molecule has 0 bridgehead atoms. The quantitative estimate of drug-likeness (QED) is 0.187. The summed E-state index contributed by atoms with van der Waals surface area (Å²) in [5.74, 6) is -3.45. The number of aryl methyl sites for hydroxylation is 1. The average molecular weight is 977 g/mol. The van der Waals surface area contributed by atoms with Crippen molar-refractivity contribution in [2.24, 2.45) is 5.92 Å². The summed E-state index contributed by atoms with van der Waals surface area (Å²) in [6.07, 6.45) is 2.69. The van der Waals surface area contributed by atoms with Crippen molar-refractivity contribution in [1.29, 1.82) is 0 Å². The van der Waals surface area contributed by atoms with Crippen molar-refractivity contribution in [3.8, 4) is 11.5 Å². The van der Waals surface area contributed by atoms with Crippen LogP contribution in [0.1, 0.15) is 123 Å². The predicted octanol–water partition coefficient (Wildman–Crippen LogP) is 6.33.